The van der Waals surface area contributed by atoms with Crippen molar-refractivity contribution in [3.63, 3.8) is 0 Å². The zero-order valence-corrected chi connectivity index (χ0v) is 12.7. The Morgan fingerprint density at radius 3 is 2.70 bits per heavy atom. The molecule has 0 radical (unpaired) electrons. The van der Waals surface area contributed by atoms with Crippen LogP contribution in [0.5, 0.6) is 0 Å². The van der Waals surface area contributed by atoms with Gasteiger partial charge < -0.3 is 10.2 Å². The smallest absolute Gasteiger partial charge is 0.237 e. The molecular formula is C15H26N4O. The number of carbonyl (C=O) groups is 1. The van der Waals surface area contributed by atoms with Crippen LogP contribution in [0.25, 0.3) is 0 Å². The average Bonchev–Trinajstić information content (AvgIpc) is 2.94. The van der Waals surface area contributed by atoms with Crippen LogP contribution in [-0.2, 0) is 4.79 Å². The molecule has 1 N–H and O–H groups in total. The summed E-state index contributed by atoms with van der Waals surface area (Å²) in [7, 11) is 3.78. The lowest BCUT2D eigenvalue weighted by atomic mass is 9.81. The third kappa shape index (κ3) is 3.13. The van der Waals surface area contributed by atoms with Gasteiger partial charge in [0, 0.05) is 26.2 Å². The minimum atomic E-state index is -0.558. The fourth-order valence-corrected chi connectivity index (χ4v) is 3.41. The van der Waals surface area contributed by atoms with Gasteiger partial charge in [0.15, 0.2) is 0 Å². The molecule has 20 heavy (non-hydrogen) atoms. The molecule has 5 heteroatoms. The van der Waals surface area contributed by atoms with Crippen molar-refractivity contribution in [3.05, 3.63) is 0 Å². The SMILES string of the molecule is CNC1CCN(CC(=O)N(C)C2(C#N)CCCCC2)C1. The third-order valence-electron chi connectivity index (χ3n) is 4.94. The van der Waals surface area contributed by atoms with Crippen LogP contribution in [0.1, 0.15) is 38.5 Å². The van der Waals surface area contributed by atoms with Crippen molar-refractivity contribution in [1.29, 1.82) is 5.26 Å². The summed E-state index contributed by atoms with van der Waals surface area (Å²) in [6, 6.07) is 2.91. The molecule has 1 amide bonds. The van der Waals surface area contributed by atoms with Crippen molar-refractivity contribution in [1.82, 2.24) is 15.1 Å². The summed E-state index contributed by atoms with van der Waals surface area (Å²) < 4.78 is 0. The number of nitrogens with zero attached hydrogens (tertiary/aromatic N) is 3. The molecule has 1 saturated carbocycles. The topological polar surface area (TPSA) is 59.4 Å². The second-order valence-electron chi connectivity index (χ2n) is 6.17. The summed E-state index contributed by atoms with van der Waals surface area (Å²) in [5, 5.41) is 12.8. The molecule has 0 bridgehead atoms. The Morgan fingerprint density at radius 2 is 2.15 bits per heavy atom. The predicted octanol–water partition coefficient (Wildman–Crippen LogP) is 0.965. The molecule has 1 unspecified atom stereocenters. The normalized spacial score (nSPS) is 26.1. The highest BCUT2D eigenvalue weighted by Gasteiger charge is 2.39. The van der Waals surface area contributed by atoms with E-state index in [1.165, 1.54) is 6.42 Å². The lowest BCUT2D eigenvalue weighted by molar-refractivity contribution is -0.135. The zero-order chi connectivity index (χ0) is 14.6. The number of likely N-dealkylation sites (tertiary alicyclic amines) is 1. The van der Waals surface area contributed by atoms with E-state index in [2.05, 4.69) is 16.3 Å². The summed E-state index contributed by atoms with van der Waals surface area (Å²) in [4.78, 5) is 16.4. The van der Waals surface area contributed by atoms with Crippen molar-refractivity contribution in [2.45, 2.75) is 50.1 Å². The van der Waals surface area contributed by atoms with Gasteiger partial charge in [0.25, 0.3) is 0 Å². The van der Waals surface area contributed by atoms with Gasteiger partial charge in [-0.15, -0.1) is 0 Å². The van der Waals surface area contributed by atoms with Gasteiger partial charge in [0.1, 0.15) is 5.54 Å². The van der Waals surface area contributed by atoms with Crippen molar-refractivity contribution >= 4 is 5.91 Å². The third-order valence-corrected chi connectivity index (χ3v) is 4.94. The summed E-state index contributed by atoms with van der Waals surface area (Å²) in [5.74, 6) is 0.0882. The summed E-state index contributed by atoms with van der Waals surface area (Å²) >= 11 is 0. The molecule has 1 aliphatic carbocycles. The average molecular weight is 278 g/mol. The monoisotopic (exact) mass is 278 g/mol. The van der Waals surface area contributed by atoms with Gasteiger partial charge in [-0.25, -0.2) is 0 Å². The van der Waals surface area contributed by atoms with Gasteiger partial charge in [0.05, 0.1) is 12.6 Å². The lowest BCUT2D eigenvalue weighted by Gasteiger charge is -2.39. The Balaban J connectivity index is 1.93. The van der Waals surface area contributed by atoms with Crippen molar-refractivity contribution < 1.29 is 4.79 Å². The first-order valence-corrected chi connectivity index (χ1v) is 7.69. The van der Waals surface area contributed by atoms with E-state index in [1.54, 1.807) is 4.90 Å². The minimum Gasteiger partial charge on any atom is -0.326 e. The van der Waals surface area contributed by atoms with Crippen LogP contribution in [0.3, 0.4) is 0 Å². The Kier molecular flexibility index (Phi) is 5.00. The molecule has 2 aliphatic rings. The predicted molar refractivity (Wildman–Crippen MR) is 78.1 cm³/mol. The van der Waals surface area contributed by atoms with Crippen LogP contribution in [0.15, 0.2) is 0 Å². The van der Waals surface area contributed by atoms with Crippen LogP contribution in [0.4, 0.5) is 0 Å². The molecule has 5 nitrogen and oxygen atoms in total. The van der Waals surface area contributed by atoms with Crippen LogP contribution in [-0.4, -0.2) is 61.0 Å². The first-order chi connectivity index (χ1) is 9.61. The molecule has 0 spiro atoms. The van der Waals surface area contributed by atoms with Crippen LogP contribution in [0.2, 0.25) is 0 Å². The Hall–Kier alpha value is -1.12. The maximum absolute atomic E-state index is 12.5. The van der Waals surface area contributed by atoms with Gasteiger partial charge in [-0.2, -0.15) is 5.26 Å². The van der Waals surface area contributed by atoms with Gasteiger partial charge in [0.2, 0.25) is 5.91 Å². The van der Waals surface area contributed by atoms with Crippen molar-refractivity contribution in [3.8, 4) is 6.07 Å². The molecule has 2 rings (SSSR count). The maximum atomic E-state index is 12.5. The van der Waals surface area contributed by atoms with Crippen molar-refractivity contribution in [2.75, 3.05) is 33.7 Å². The highest BCUT2D eigenvalue weighted by Crippen LogP contribution is 2.32. The molecule has 2 fully saturated rings. The van der Waals surface area contributed by atoms with Crippen LogP contribution in [0, 0.1) is 11.3 Å². The van der Waals surface area contributed by atoms with Crippen molar-refractivity contribution in [2.24, 2.45) is 0 Å². The number of amides is 1. The number of hydrogen-bond donors (Lipinski definition) is 1. The number of nitrogens with one attached hydrogen (secondary N) is 1. The van der Waals surface area contributed by atoms with Gasteiger partial charge in [-0.3, -0.25) is 9.69 Å². The van der Waals surface area contributed by atoms with Gasteiger partial charge in [-0.05, 0) is 26.3 Å². The highest BCUT2D eigenvalue weighted by atomic mass is 16.2. The van der Waals surface area contributed by atoms with E-state index in [1.807, 2.05) is 14.1 Å². The molecule has 112 valence electrons. The minimum absolute atomic E-state index is 0.0882. The van der Waals surface area contributed by atoms with Crippen LogP contribution < -0.4 is 5.32 Å². The van der Waals surface area contributed by atoms with Gasteiger partial charge >= 0.3 is 0 Å². The van der Waals surface area contributed by atoms with Gasteiger partial charge in [-0.1, -0.05) is 19.3 Å². The van der Waals surface area contributed by atoms with E-state index >= 15 is 0 Å². The Morgan fingerprint density at radius 1 is 1.45 bits per heavy atom. The number of rotatable bonds is 4. The van der Waals surface area contributed by atoms with E-state index in [9.17, 15) is 10.1 Å². The standard InChI is InChI=1S/C15H26N4O/c1-17-13-6-9-19(10-13)11-14(20)18(2)15(12-16)7-4-3-5-8-15/h13,17H,3-11H2,1-2H3. The number of carbonyl (C=O) groups excluding carboxylic acids is 1. The number of nitriles is 1. The quantitative estimate of drug-likeness (QED) is 0.832. The molecule has 1 atom stereocenters. The summed E-state index contributed by atoms with van der Waals surface area (Å²) in [5.41, 5.74) is -0.558. The fraction of sp³-hybridized carbons (Fsp3) is 0.867. The molecular weight excluding hydrogens is 252 g/mol. The number of likely N-dealkylation sites (N-methyl/N-ethyl adjacent to an activating group) is 2. The Bertz CT molecular complexity index is 384. The van der Waals surface area contributed by atoms with E-state index in [4.69, 9.17) is 0 Å². The number of hydrogen-bond acceptors (Lipinski definition) is 4. The Labute approximate surface area is 121 Å². The molecule has 1 aliphatic heterocycles. The first kappa shape index (κ1) is 15.3. The summed E-state index contributed by atoms with van der Waals surface area (Å²) in [6.45, 7) is 2.33. The second kappa shape index (κ2) is 6.55. The van der Waals surface area contributed by atoms with E-state index in [-0.39, 0.29) is 5.91 Å². The molecule has 0 aromatic carbocycles. The lowest BCUT2D eigenvalue weighted by Crippen LogP contribution is -2.52. The molecule has 0 aromatic heterocycles. The summed E-state index contributed by atoms with van der Waals surface area (Å²) in [6.07, 6.45) is 6.03. The molecule has 0 aromatic rings. The van der Waals surface area contributed by atoms with E-state index in [0.29, 0.717) is 12.6 Å². The molecule has 1 heterocycles. The largest absolute Gasteiger partial charge is 0.326 e. The zero-order valence-electron chi connectivity index (χ0n) is 12.7. The second-order valence-corrected chi connectivity index (χ2v) is 6.17. The van der Waals surface area contributed by atoms with Crippen LogP contribution >= 0.6 is 0 Å². The maximum Gasteiger partial charge on any atom is 0.237 e. The molecule has 1 saturated heterocycles. The first-order valence-electron chi connectivity index (χ1n) is 7.69. The highest BCUT2D eigenvalue weighted by molar-refractivity contribution is 5.79. The van der Waals surface area contributed by atoms with E-state index < -0.39 is 5.54 Å². The fourth-order valence-electron chi connectivity index (χ4n) is 3.41. The van der Waals surface area contributed by atoms with E-state index in [0.717, 1.165) is 45.2 Å².